The number of carbonyl (C=O) groups is 2. The molecular weight excluding hydrogens is 513 g/mol. The summed E-state index contributed by atoms with van der Waals surface area (Å²) >= 11 is 6.08. The number of para-hydroxylation sites is 1. The van der Waals surface area contributed by atoms with Gasteiger partial charge in [0.25, 0.3) is 5.91 Å². The van der Waals surface area contributed by atoms with E-state index in [4.69, 9.17) is 25.8 Å². The minimum atomic E-state index is -5.13. The molecule has 2 heterocycles. The molecule has 0 saturated carbocycles. The number of benzene rings is 2. The van der Waals surface area contributed by atoms with Crippen LogP contribution in [0.1, 0.15) is 35.2 Å². The van der Waals surface area contributed by atoms with E-state index in [-0.39, 0.29) is 30.1 Å². The highest BCUT2D eigenvalue weighted by molar-refractivity contribution is 6.30. The van der Waals surface area contributed by atoms with Crippen LogP contribution in [-0.2, 0) is 16.0 Å². The smallest absolute Gasteiger partial charge is 0.489 e. The number of alkyl halides is 3. The summed E-state index contributed by atoms with van der Waals surface area (Å²) in [4.78, 5) is 25.7. The molecule has 1 atom stereocenters. The fraction of sp³-hybridized carbons (Fsp3) is 0.462. The molecule has 2 aliphatic heterocycles. The molecular formula is C26H28ClF3N2O5. The van der Waals surface area contributed by atoms with E-state index in [1.54, 1.807) is 18.2 Å². The van der Waals surface area contributed by atoms with E-state index in [1.165, 1.54) is 19.2 Å². The highest BCUT2D eigenvalue weighted by Crippen LogP contribution is 2.40. The number of piperidine rings is 1. The fourth-order valence-corrected chi connectivity index (χ4v) is 4.91. The quantitative estimate of drug-likeness (QED) is 0.524. The lowest BCUT2D eigenvalue weighted by Gasteiger charge is -2.45. The summed E-state index contributed by atoms with van der Waals surface area (Å²) in [6, 6.07) is 11.9. The molecule has 0 radical (unpaired) electrons. The van der Waals surface area contributed by atoms with Gasteiger partial charge in [-0.25, -0.2) is 4.79 Å². The fourth-order valence-electron chi connectivity index (χ4n) is 4.71. The Morgan fingerprint density at radius 1 is 1.16 bits per heavy atom. The SMILES string of the molecule is CNC(=O)c1ccccc1OC[C@H](CN1CCC2(CCc3cc(Cl)ccc3O2)CC1)OC(=O)C(F)(F)F. The Morgan fingerprint density at radius 2 is 1.89 bits per heavy atom. The maximum Gasteiger partial charge on any atom is 0.490 e. The first-order chi connectivity index (χ1) is 17.6. The van der Waals surface area contributed by atoms with E-state index in [0.717, 1.165) is 24.2 Å². The molecule has 2 aromatic carbocycles. The first kappa shape index (κ1) is 27.1. The Hall–Kier alpha value is -2.98. The van der Waals surface area contributed by atoms with E-state index >= 15 is 0 Å². The average Bonchev–Trinajstić information content (AvgIpc) is 2.88. The molecule has 4 rings (SSSR count). The Labute approximate surface area is 217 Å². The number of aryl methyl sites for hydroxylation is 1. The summed E-state index contributed by atoms with van der Waals surface area (Å²) < 4.78 is 55.6. The molecule has 0 unspecified atom stereocenters. The van der Waals surface area contributed by atoms with Gasteiger partial charge in [0.05, 0.1) is 5.56 Å². The number of nitrogens with one attached hydrogen (secondary N) is 1. The largest absolute Gasteiger partial charge is 0.490 e. The third-order valence-electron chi connectivity index (χ3n) is 6.72. The van der Waals surface area contributed by atoms with Gasteiger partial charge in [-0.2, -0.15) is 13.2 Å². The van der Waals surface area contributed by atoms with Crippen LogP contribution in [0.3, 0.4) is 0 Å². The molecule has 1 amide bonds. The second-order valence-electron chi connectivity index (χ2n) is 9.25. The number of hydrogen-bond donors (Lipinski definition) is 1. The van der Waals surface area contributed by atoms with Gasteiger partial charge in [-0.3, -0.25) is 9.69 Å². The lowest BCUT2D eigenvalue weighted by molar-refractivity contribution is -0.207. The van der Waals surface area contributed by atoms with Crippen molar-refractivity contribution in [3.05, 3.63) is 58.6 Å². The highest BCUT2D eigenvalue weighted by Gasteiger charge is 2.44. The number of nitrogens with zero attached hydrogens (tertiary/aromatic N) is 1. The monoisotopic (exact) mass is 540 g/mol. The van der Waals surface area contributed by atoms with Crippen molar-refractivity contribution in [1.82, 2.24) is 10.2 Å². The van der Waals surface area contributed by atoms with E-state index in [0.29, 0.717) is 31.0 Å². The molecule has 2 aliphatic rings. The molecule has 7 nitrogen and oxygen atoms in total. The van der Waals surface area contributed by atoms with Gasteiger partial charge in [-0.05, 0) is 61.6 Å². The van der Waals surface area contributed by atoms with Crippen LogP contribution in [0.15, 0.2) is 42.5 Å². The van der Waals surface area contributed by atoms with Gasteiger partial charge < -0.3 is 19.5 Å². The van der Waals surface area contributed by atoms with E-state index in [9.17, 15) is 22.8 Å². The molecule has 1 saturated heterocycles. The van der Waals surface area contributed by atoms with Crippen molar-refractivity contribution in [2.75, 3.05) is 33.3 Å². The molecule has 1 fully saturated rings. The second-order valence-corrected chi connectivity index (χ2v) is 9.69. The first-order valence-corrected chi connectivity index (χ1v) is 12.4. The van der Waals surface area contributed by atoms with Crippen molar-refractivity contribution in [2.45, 2.75) is 43.6 Å². The normalized spacial score (nSPS) is 17.9. The van der Waals surface area contributed by atoms with Crippen LogP contribution in [0, 0.1) is 0 Å². The van der Waals surface area contributed by atoms with Gasteiger partial charge in [0.2, 0.25) is 0 Å². The number of halogens is 4. The topological polar surface area (TPSA) is 77.1 Å². The van der Waals surface area contributed by atoms with Crippen LogP contribution in [0.2, 0.25) is 5.02 Å². The predicted octanol–water partition coefficient (Wildman–Crippen LogP) is 4.41. The van der Waals surface area contributed by atoms with Gasteiger partial charge in [0, 0.05) is 31.7 Å². The standard InChI is InChI=1S/C26H28ClF3N2O5/c1-31-23(33)20-4-2-3-5-22(20)35-16-19(36-24(34)26(28,29)30)15-32-12-10-25(11-13-32)9-8-17-14-18(27)6-7-21(17)37-25/h2-7,14,19H,8-13,15-16H2,1H3,(H,31,33)/t19-/m0/s1. The van der Waals surface area contributed by atoms with Gasteiger partial charge in [-0.1, -0.05) is 23.7 Å². The van der Waals surface area contributed by atoms with E-state index in [1.807, 2.05) is 17.0 Å². The molecule has 1 N–H and O–H groups in total. The Kier molecular flexibility index (Phi) is 8.18. The van der Waals surface area contributed by atoms with E-state index < -0.39 is 24.2 Å². The molecule has 200 valence electrons. The third kappa shape index (κ3) is 6.67. The minimum Gasteiger partial charge on any atom is -0.489 e. The number of amides is 1. The zero-order chi connectivity index (χ0) is 26.6. The van der Waals surface area contributed by atoms with Crippen molar-refractivity contribution in [2.24, 2.45) is 0 Å². The van der Waals surface area contributed by atoms with Crippen LogP contribution >= 0.6 is 11.6 Å². The molecule has 0 aromatic heterocycles. The van der Waals surface area contributed by atoms with Crippen LogP contribution in [0.25, 0.3) is 0 Å². The van der Waals surface area contributed by atoms with Crippen molar-refractivity contribution < 1.29 is 37.0 Å². The highest BCUT2D eigenvalue weighted by atomic mass is 35.5. The van der Waals surface area contributed by atoms with Gasteiger partial charge in [-0.15, -0.1) is 0 Å². The molecule has 37 heavy (non-hydrogen) atoms. The minimum absolute atomic E-state index is 0.0479. The summed E-state index contributed by atoms with van der Waals surface area (Å²) in [6.45, 7) is 0.810. The second kappa shape index (κ2) is 11.2. The lowest BCUT2D eigenvalue weighted by atomic mass is 9.83. The first-order valence-electron chi connectivity index (χ1n) is 12.0. The van der Waals surface area contributed by atoms with Crippen molar-refractivity contribution in [3.8, 4) is 11.5 Å². The average molecular weight is 541 g/mol. The zero-order valence-corrected chi connectivity index (χ0v) is 21.0. The number of ether oxygens (including phenoxy) is 3. The maximum atomic E-state index is 12.9. The number of rotatable bonds is 7. The summed E-state index contributed by atoms with van der Waals surface area (Å²) in [7, 11) is 1.46. The van der Waals surface area contributed by atoms with Crippen LogP contribution in [-0.4, -0.2) is 67.9 Å². The van der Waals surface area contributed by atoms with E-state index in [2.05, 4.69) is 5.32 Å². The van der Waals surface area contributed by atoms with Gasteiger partial charge in [0.15, 0.2) is 0 Å². The number of esters is 1. The summed E-state index contributed by atoms with van der Waals surface area (Å²) in [5, 5.41) is 3.14. The predicted molar refractivity (Wildman–Crippen MR) is 130 cm³/mol. The van der Waals surface area contributed by atoms with Crippen LogP contribution in [0.4, 0.5) is 13.2 Å². The number of hydrogen-bond acceptors (Lipinski definition) is 6. The maximum absolute atomic E-state index is 12.9. The number of likely N-dealkylation sites (tertiary alicyclic amines) is 1. The lowest BCUT2D eigenvalue weighted by Crippen LogP contribution is -2.52. The third-order valence-corrected chi connectivity index (χ3v) is 6.95. The van der Waals surface area contributed by atoms with Gasteiger partial charge >= 0.3 is 12.1 Å². The molecule has 2 aromatic rings. The number of carbonyl (C=O) groups excluding carboxylic acids is 2. The molecule has 11 heteroatoms. The van der Waals surface area contributed by atoms with Crippen LogP contribution in [0.5, 0.6) is 11.5 Å². The molecule has 1 spiro atoms. The summed E-state index contributed by atoms with van der Waals surface area (Å²) in [5.41, 5.74) is 0.939. The summed E-state index contributed by atoms with van der Waals surface area (Å²) in [5.74, 6) is -1.69. The Morgan fingerprint density at radius 3 is 2.59 bits per heavy atom. The Balaban J connectivity index is 1.40. The van der Waals surface area contributed by atoms with Crippen molar-refractivity contribution in [3.63, 3.8) is 0 Å². The number of fused-ring (bicyclic) bond motifs is 1. The molecule has 0 aliphatic carbocycles. The van der Waals surface area contributed by atoms with Crippen molar-refractivity contribution >= 4 is 23.5 Å². The zero-order valence-electron chi connectivity index (χ0n) is 20.3. The van der Waals surface area contributed by atoms with Gasteiger partial charge in [0.1, 0.15) is 29.8 Å². The molecule has 0 bridgehead atoms. The van der Waals surface area contributed by atoms with Crippen LogP contribution < -0.4 is 14.8 Å². The van der Waals surface area contributed by atoms with Crippen molar-refractivity contribution in [1.29, 1.82) is 0 Å². The Bertz CT molecular complexity index is 1140. The summed E-state index contributed by atoms with van der Waals surface area (Å²) in [6.07, 6.45) is -3.32.